The minimum Gasteiger partial charge on any atom is -0.480 e. The molecule has 0 saturated heterocycles. The van der Waals surface area contributed by atoms with Gasteiger partial charge in [0.2, 0.25) is 0 Å². The van der Waals surface area contributed by atoms with Crippen LogP contribution in [0.1, 0.15) is 18.9 Å². The first-order valence-electron chi connectivity index (χ1n) is 5.61. The molecule has 19 heavy (non-hydrogen) atoms. The van der Waals surface area contributed by atoms with Gasteiger partial charge in [-0.15, -0.1) is 0 Å². The lowest BCUT2D eigenvalue weighted by atomic mass is 10.2. The van der Waals surface area contributed by atoms with Gasteiger partial charge in [0.05, 0.1) is 5.69 Å². The Morgan fingerprint density at radius 2 is 1.95 bits per heavy atom. The summed E-state index contributed by atoms with van der Waals surface area (Å²) in [5.74, 6) is -2.66. The summed E-state index contributed by atoms with van der Waals surface area (Å²) >= 11 is 0. The number of urea groups is 1. The van der Waals surface area contributed by atoms with Crippen molar-refractivity contribution in [2.75, 3.05) is 5.32 Å². The summed E-state index contributed by atoms with van der Waals surface area (Å²) < 4.78 is 26.7. The Balaban J connectivity index is 2.77. The number of aliphatic carboxylic acids is 1. The predicted molar refractivity (Wildman–Crippen MR) is 65.0 cm³/mol. The van der Waals surface area contributed by atoms with Crippen LogP contribution in [0.15, 0.2) is 12.1 Å². The van der Waals surface area contributed by atoms with Crippen molar-refractivity contribution < 1.29 is 23.5 Å². The van der Waals surface area contributed by atoms with Crippen LogP contribution in [0, 0.1) is 18.6 Å². The maximum Gasteiger partial charge on any atom is 0.326 e. The number of nitrogens with one attached hydrogen (secondary N) is 2. The number of carbonyl (C=O) groups excluding carboxylic acids is 1. The molecule has 0 heterocycles. The molecule has 0 fully saturated rings. The number of rotatable bonds is 4. The van der Waals surface area contributed by atoms with Crippen LogP contribution in [-0.2, 0) is 4.79 Å². The molecule has 0 unspecified atom stereocenters. The standard InChI is InChI=1S/C12H14F2N2O3/c1-3-9(11(17)18)15-12(19)16-10-5-7(13)6(2)4-8(10)14/h4-5,9H,3H2,1-2H3,(H,17,18)(H2,15,16,19)/t9-/m1/s1. The molecule has 0 aromatic heterocycles. The number of carboxylic acids is 1. The average Bonchev–Trinajstić information content (AvgIpc) is 2.32. The van der Waals surface area contributed by atoms with Crippen LogP contribution in [0.2, 0.25) is 0 Å². The fourth-order valence-electron chi connectivity index (χ4n) is 1.40. The lowest BCUT2D eigenvalue weighted by Gasteiger charge is -2.13. The molecule has 0 aliphatic heterocycles. The summed E-state index contributed by atoms with van der Waals surface area (Å²) in [6, 6.07) is -0.208. The van der Waals surface area contributed by atoms with E-state index >= 15 is 0 Å². The Bertz CT molecular complexity index is 506. The number of anilines is 1. The van der Waals surface area contributed by atoms with Gasteiger partial charge in [0.25, 0.3) is 0 Å². The summed E-state index contributed by atoms with van der Waals surface area (Å²) in [5.41, 5.74) is -0.235. The van der Waals surface area contributed by atoms with Gasteiger partial charge in [-0.2, -0.15) is 0 Å². The summed E-state index contributed by atoms with van der Waals surface area (Å²) in [5, 5.41) is 13.0. The zero-order valence-electron chi connectivity index (χ0n) is 10.5. The van der Waals surface area contributed by atoms with E-state index in [0.29, 0.717) is 0 Å². The van der Waals surface area contributed by atoms with Crippen molar-refractivity contribution in [2.45, 2.75) is 26.3 Å². The molecule has 5 nitrogen and oxygen atoms in total. The van der Waals surface area contributed by atoms with E-state index in [0.717, 1.165) is 12.1 Å². The van der Waals surface area contributed by atoms with Crippen LogP contribution in [-0.4, -0.2) is 23.1 Å². The Labute approximate surface area is 108 Å². The molecule has 104 valence electrons. The highest BCUT2D eigenvalue weighted by atomic mass is 19.1. The van der Waals surface area contributed by atoms with Crippen LogP contribution in [0.4, 0.5) is 19.3 Å². The molecule has 0 bridgehead atoms. The Morgan fingerprint density at radius 3 is 2.47 bits per heavy atom. The van der Waals surface area contributed by atoms with E-state index in [1.807, 2.05) is 0 Å². The second-order valence-corrected chi connectivity index (χ2v) is 3.98. The van der Waals surface area contributed by atoms with E-state index < -0.39 is 29.7 Å². The van der Waals surface area contributed by atoms with Crippen molar-refractivity contribution in [3.05, 3.63) is 29.3 Å². The summed E-state index contributed by atoms with van der Waals surface area (Å²) in [6.07, 6.45) is 0.174. The molecular weight excluding hydrogens is 258 g/mol. The number of hydrogen-bond acceptors (Lipinski definition) is 2. The zero-order valence-corrected chi connectivity index (χ0v) is 10.5. The fraction of sp³-hybridized carbons (Fsp3) is 0.333. The summed E-state index contributed by atoms with van der Waals surface area (Å²) in [6.45, 7) is 2.96. The molecule has 2 amide bonds. The van der Waals surface area contributed by atoms with Gasteiger partial charge in [0.1, 0.15) is 17.7 Å². The third-order valence-corrected chi connectivity index (χ3v) is 2.51. The topological polar surface area (TPSA) is 78.4 Å². The second kappa shape index (κ2) is 6.12. The maximum atomic E-state index is 13.4. The van der Waals surface area contributed by atoms with Crippen LogP contribution in [0.5, 0.6) is 0 Å². The van der Waals surface area contributed by atoms with Crippen molar-refractivity contribution in [2.24, 2.45) is 0 Å². The minimum atomic E-state index is -1.20. The molecule has 0 radical (unpaired) electrons. The Kier molecular flexibility index (Phi) is 4.80. The Morgan fingerprint density at radius 1 is 1.32 bits per heavy atom. The highest BCUT2D eigenvalue weighted by Crippen LogP contribution is 2.18. The van der Waals surface area contributed by atoms with Gasteiger partial charge in [-0.05, 0) is 25.0 Å². The SMILES string of the molecule is CC[C@@H](NC(=O)Nc1cc(F)c(C)cc1F)C(=O)O. The summed E-state index contributed by atoms with van der Waals surface area (Å²) in [7, 11) is 0. The molecule has 0 saturated carbocycles. The highest BCUT2D eigenvalue weighted by Gasteiger charge is 2.18. The van der Waals surface area contributed by atoms with E-state index in [2.05, 4.69) is 10.6 Å². The molecule has 3 N–H and O–H groups in total. The van der Waals surface area contributed by atoms with Crippen molar-refractivity contribution in [3.8, 4) is 0 Å². The first kappa shape index (κ1) is 14.9. The quantitative estimate of drug-likeness (QED) is 0.786. The van der Waals surface area contributed by atoms with Gasteiger partial charge in [-0.25, -0.2) is 18.4 Å². The molecule has 0 aliphatic rings. The largest absolute Gasteiger partial charge is 0.480 e. The smallest absolute Gasteiger partial charge is 0.326 e. The third kappa shape index (κ3) is 3.90. The highest BCUT2D eigenvalue weighted by molar-refractivity contribution is 5.92. The number of amides is 2. The van der Waals surface area contributed by atoms with Gasteiger partial charge in [-0.1, -0.05) is 6.92 Å². The first-order valence-corrected chi connectivity index (χ1v) is 5.61. The second-order valence-electron chi connectivity index (χ2n) is 3.98. The van der Waals surface area contributed by atoms with E-state index in [-0.39, 0.29) is 17.7 Å². The third-order valence-electron chi connectivity index (χ3n) is 2.51. The van der Waals surface area contributed by atoms with Crippen molar-refractivity contribution in [1.29, 1.82) is 0 Å². The molecular formula is C12H14F2N2O3. The van der Waals surface area contributed by atoms with E-state index in [1.54, 1.807) is 6.92 Å². The van der Waals surface area contributed by atoms with Gasteiger partial charge in [0.15, 0.2) is 0 Å². The number of aryl methyl sites for hydroxylation is 1. The van der Waals surface area contributed by atoms with Crippen molar-refractivity contribution >= 4 is 17.7 Å². The predicted octanol–water partition coefficient (Wildman–Crippen LogP) is 2.26. The average molecular weight is 272 g/mol. The van der Waals surface area contributed by atoms with E-state index in [4.69, 9.17) is 5.11 Å². The molecule has 0 aliphatic carbocycles. The molecule has 0 spiro atoms. The maximum absolute atomic E-state index is 13.4. The lowest BCUT2D eigenvalue weighted by Crippen LogP contribution is -2.42. The van der Waals surface area contributed by atoms with E-state index in [9.17, 15) is 18.4 Å². The van der Waals surface area contributed by atoms with Gasteiger partial charge < -0.3 is 15.7 Å². The molecule has 1 aromatic rings. The minimum absolute atomic E-state index is 0.112. The number of benzene rings is 1. The zero-order chi connectivity index (χ0) is 14.6. The molecule has 1 aromatic carbocycles. The number of halogens is 2. The van der Waals surface area contributed by atoms with Crippen molar-refractivity contribution in [3.63, 3.8) is 0 Å². The summed E-state index contributed by atoms with van der Waals surface area (Å²) in [4.78, 5) is 22.2. The van der Waals surface area contributed by atoms with Gasteiger partial charge in [0, 0.05) is 6.07 Å². The van der Waals surface area contributed by atoms with E-state index in [1.165, 1.54) is 6.92 Å². The van der Waals surface area contributed by atoms with Crippen molar-refractivity contribution in [1.82, 2.24) is 5.32 Å². The number of carbonyl (C=O) groups is 2. The monoisotopic (exact) mass is 272 g/mol. The fourth-order valence-corrected chi connectivity index (χ4v) is 1.40. The molecule has 7 heteroatoms. The molecule has 1 atom stereocenters. The van der Waals surface area contributed by atoms with Gasteiger partial charge >= 0.3 is 12.0 Å². The van der Waals surface area contributed by atoms with Crippen LogP contribution in [0.3, 0.4) is 0 Å². The van der Waals surface area contributed by atoms with Crippen LogP contribution >= 0.6 is 0 Å². The number of carboxylic acid groups (broad SMARTS) is 1. The normalized spacial score (nSPS) is 11.8. The lowest BCUT2D eigenvalue weighted by molar-refractivity contribution is -0.139. The number of hydrogen-bond donors (Lipinski definition) is 3. The molecule has 1 rings (SSSR count). The van der Waals surface area contributed by atoms with Crippen LogP contribution in [0.25, 0.3) is 0 Å². The van der Waals surface area contributed by atoms with Crippen LogP contribution < -0.4 is 10.6 Å². The Hall–Kier alpha value is -2.18. The van der Waals surface area contributed by atoms with Gasteiger partial charge in [-0.3, -0.25) is 0 Å². The first-order chi connectivity index (χ1) is 8.85.